The van der Waals surface area contributed by atoms with E-state index in [2.05, 4.69) is 10.2 Å². The number of benzene rings is 1. The van der Waals surface area contributed by atoms with Crippen LogP contribution in [0.25, 0.3) is 0 Å². The number of methoxy groups -OCH3 is 2. The molecule has 18 heavy (non-hydrogen) atoms. The van der Waals surface area contributed by atoms with Crippen LogP contribution in [0, 0.1) is 5.82 Å². The molecular weight excluding hydrogens is 235 g/mol. The molecule has 100 valence electrons. The minimum atomic E-state index is -0.324. The third-order valence-corrected chi connectivity index (χ3v) is 3.20. The summed E-state index contributed by atoms with van der Waals surface area (Å²) in [7, 11) is 3.03. The predicted molar refractivity (Wildman–Crippen MR) is 67.7 cm³/mol. The van der Waals surface area contributed by atoms with Gasteiger partial charge in [-0.25, -0.2) is 4.39 Å². The molecule has 0 atom stereocenters. The van der Waals surface area contributed by atoms with Crippen LogP contribution in [0.5, 0.6) is 11.5 Å². The Morgan fingerprint density at radius 1 is 1.17 bits per heavy atom. The van der Waals surface area contributed by atoms with Crippen molar-refractivity contribution in [3.05, 3.63) is 23.5 Å². The van der Waals surface area contributed by atoms with Crippen molar-refractivity contribution in [1.29, 1.82) is 0 Å². The fraction of sp³-hybridized carbons (Fsp3) is 0.538. The van der Waals surface area contributed by atoms with Crippen LogP contribution in [0.3, 0.4) is 0 Å². The van der Waals surface area contributed by atoms with Gasteiger partial charge in [0.05, 0.1) is 14.2 Å². The highest BCUT2D eigenvalue weighted by molar-refractivity contribution is 5.42. The van der Waals surface area contributed by atoms with Crippen LogP contribution in [0.4, 0.5) is 4.39 Å². The number of ether oxygens (including phenoxy) is 2. The summed E-state index contributed by atoms with van der Waals surface area (Å²) in [5.41, 5.74) is 0.568. The Bertz CT molecular complexity index is 406. The Kier molecular flexibility index (Phi) is 4.38. The van der Waals surface area contributed by atoms with Gasteiger partial charge in [-0.2, -0.15) is 0 Å². The third-order valence-electron chi connectivity index (χ3n) is 3.20. The zero-order valence-electron chi connectivity index (χ0n) is 10.8. The van der Waals surface area contributed by atoms with E-state index in [0.29, 0.717) is 17.9 Å². The molecule has 0 bridgehead atoms. The highest BCUT2D eigenvalue weighted by Crippen LogP contribution is 2.29. The monoisotopic (exact) mass is 254 g/mol. The number of hydrogen-bond acceptors (Lipinski definition) is 4. The summed E-state index contributed by atoms with van der Waals surface area (Å²) in [6, 6.07) is 3.34. The fourth-order valence-corrected chi connectivity index (χ4v) is 2.17. The van der Waals surface area contributed by atoms with E-state index in [9.17, 15) is 4.39 Å². The number of rotatable bonds is 4. The second-order valence-corrected chi connectivity index (χ2v) is 4.29. The normalized spacial score (nSPS) is 16.6. The Morgan fingerprint density at radius 3 is 2.39 bits per heavy atom. The smallest absolute Gasteiger partial charge is 0.173 e. The highest BCUT2D eigenvalue weighted by Gasteiger charge is 2.18. The Labute approximate surface area is 107 Å². The number of nitrogens with one attached hydrogen (secondary N) is 1. The summed E-state index contributed by atoms with van der Waals surface area (Å²) in [5, 5.41) is 3.27. The lowest BCUT2D eigenvalue weighted by Gasteiger charge is -2.28. The largest absolute Gasteiger partial charge is 0.496 e. The third kappa shape index (κ3) is 2.73. The molecule has 0 unspecified atom stereocenters. The van der Waals surface area contributed by atoms with Gasteiger partial charge < -0.3 is 14.8 Å². The Hall–Kier alpha value is -1.33. The molecule has 0 saturated carbocycles. The highest BCUT2D eigenvalue weighted by atomic mass is 19.1. The van der Waals surface area contributed by atoms with Crippen molar-refractivity contribution in [3.8, 4) is 11.5 Å². The molecule has 5 heteroatoms. The van der Waals surface area contributed by atoms with Crippen molar-refractivity contribution in [1.82, 2.24) is 10.2 Å². The van der Waals surface area contributed by atoms with E-state index < -0.39 is 0 Å². The van der Waals surface area contributed by atoms with Crippen LogP contribution in [0.2, 0.25) is 0 Å². The zero-order valence-corrected chi connectivity index (χ0v) is 10.8. The average Bonchev–Trinajstić information content (AvgIpc) is 2.42. The maximum absolute atomic E-state index is 14.2. The van der Waals surface area contributed by atoms with Gasteiger partial charge in [-0.05, 0) is 12.1 Å². The van der Waals surface area contributed by atoms with E-state index >= 15 is 0 Å². The van der Waals surface area contributed by atoms with Gasteiger partial charge in [0.2, 0.25) is 0 Å². The quantitative estimate of drug-likeness (QED) is 0.876. The minimum Gasteiger partial charge on any atom is -0.496 e. The maximum atomic E-state index is 14.2. The summed E-state index contributed by atoms with van der Waals surface area (Å²) in [5.74, 6) is 0.517. The van der Waals surface area contributed by atoms with Crippen molar-refractivity contribution < 1.29 is 13.9 Å². The molecule has 0 aliphatic carbocycles. The predicted octanol–water partition coefficient (Wildman–Crippen LogP) is 1.25. The van der Waals surface area contributed by atoms with Gasteiger partial charge in [0.1, 0.15) is 5.75 Å². The van der Waals surface area contributed by atoms with Gasteiger partial charge in [0.25, 0.3) is 0 Å². The molecule has 1 aromatic carbocycles. The number of hydrogen-bond donors (Lipinski definition) is 1. The molecule has 1 aliphatic rings. The summed E-state index contributed by atoms with van der Waals surface area (Å²) in [6.45, 7) is 4.26. The molecule has 0 radical (unpaired) electrons. The van der Waals surface area contributed by atoms with Crippen molar-refractivity contribution >= 4 is 0 Å². The Morgan fingerprint density at radius 2 is 1.78 bits per heavy atom. The average molecular weight is 254 g/mol. The fourth-order valence-electron chi connectivity index (χ4n) is 2.17. The van der Waals surface area contributed by atoms with Gasteiger partial charge in [-0.15, -0.1) is 0 Å². The molecule has 0 spiro atoms. The molecule has 0 amide bonds. The van der Waals surface area contributed by atoms with E-state index in [4.69, 9.17) is 9.47 Å². The summed E-state index contributed by atoms with van der Waals surface area (Å²) in [6.07, 6.45) is 0. The lowest BCUT2D eigenvalue weighted by Crippen LogP contribution is -2.43. The first kappa shape index (κ1) is 13.1. The van der Waals surface area contributed by atoms with Crippen molar-refractivity contribution in [2.75, 3.05) is 40.4 Å². The van der Waals surface area contributed by atoms with E-state index in [1.165, 1.54) is 7.11 Å². The van der Waals surface area contributed by atoms with E-state index in [1.54, 1.807) is 19.2 Å². The molecule has 1 heterocycles. The first-order chi connectivity index (χ1) is 8.76. The molecule has 1 saturated heterocycles. The van der Waals surface area contributed by atoms with Gasteiger partial charge in [-0.3, -0.25) is 4.90 Å². The molecule has 1 aromatic rings. The number of piperazine rings is 1. The molecule has 1 aliphatic heterocycles. The molecule has 1 fully saturated rings. The van der Waals surface area contributed by atoms with Gasteiger partial charge >= 0.3 is 0 Å². The lowest BCUT2D eigenvalue weighted by atomic mass is 10.1. The SMILES string of the molecule is COc1ccc(OC)c(CN2CCNCC2)c1F. The first-order valence-corrected chi connectivity index (χ1v) is 6.08. The molecule has 1 N–H and O–H groups in total. The Balaban J connectivity index is 2.23. The van der Waals surface area contributed by atoms with Crippen LogP contribution in [-0.4, -0.2) is 45.3 Å². The van der Waals surface area contributed by atoms with Crippen LogP contribution in [0.15, 0.2) is 12.1 Å². The van der Waals surface area contributed by atoms with Crippen LogP contribution in [-0.2, 0) is 6.54 Å². The van der Waals surface area contributed by atoms with Crippen LogP contribution >= 0.6 is 0 Å². The second kappa shape index (κ2) is 6.02. The number of halogens is 1. The minimum absolute atomic E-state index is 0.265. The van der Waals surface area contributed by atoms with E-state index in [-0.39, 0.29) is 11.6 Å². The summed E-state index contributed by atoms with van der Waals surface area (Å²) >= 11 is 0. The summed E-state index contributed by atoms with van der Waals surface area (Å²) in [4.78, 5) is 2.21. The van der Waals surface area contributed by atoms with Gasteiger partial charge in [0, 0.05) is 38.3 Å². The van der Waals surface area contributed by atoms with Gasteiger partial charge in [0.15, 0.2) is 11.6 Å². The lowest BCUT2D eigenvalue weighted by molar-refractivity contribution is 0.225. The summed E-state index contributed by atoms with van der Waals surface area (Å²) < 4.78 is 24.5. The van der Waals surface area contributed by atoms with Crippen LogP contribution in [0.1, 0.15) is 5.56 Å². The zero-order chi connectivity index (χ0) is 13.0. The second-order valence-electron chi connectivity index (χ2n) is 4.29. The van der Waals surface area contributed by atoms with E-state index in [0.717, 1.165) is 26.2 Å². The molecular formula is C13H19FN2O2. The topological polar surface area (TPSA) is 33.7 Å². The standard InChI is InChI=1S/C13H19FN2O2/c1-17-11-3-4-12(18-2)13(14)10(11)9-16-7-5-15-6-8-16/h3-4,15H,5-9H2,1-2H3. The molecule has 0 aromatic heterocycles. The molecule has 2 rings (SSSR count). The van der Waals surface area contributed by atoms with Gasteiger partial charge in [-0.1, -0.05) is 0 Å². The van der Waals surface area contributed by atoms with E-state index in [1.807, 2.05) is 0 Å². The molecule has 4 nitrogen and oxygen atoms in total. The maximum Gasteiger partial charge on any atom is 0.173 e. The first-order valence-electron chi connectivity index (χ1n) is 6.08. The van der Waals surface area contributed by atoms with Crippen LogP contribution < -0.4 is 14.8 Å². The number of nitrogens with zero attached hydrogens (tertiary/aromatic N) is 1. The van der Waals surface area contributed by atoms with Crippen molar-refractivity contribution in [2.24, 2.45) is 0 Å². The van der Waals surface area contributed by atoms with Crippen molar-refractivity contribution in [3.63, 3.8) is 0 Å². The van der Waals surface area contributed by atoms with Crippen molar-refractivity contribution in [2.45, 2.75) is 6.54 Å².